The number of halogens is 1. The summed E-state index contributed by atoms with van der Waals surface area (Å²) < 4.78 is 18.2. The Hall–Kier alpha value is -2.63. The first-order valence-corrected chi connectivity index (χ1v) is 5.51. The minimum Gasteiger partial charge on any atom is -0.616 e. The van der Waals surface area contributed by atoms with Crippen molar-refractivity contribution < 1.29 is 18.7 Å². The fourth-order valence-electron chi connectivity index (χ4n) is 1.39. The molecular formula is C13H11FN2O3. The number of pyridine rings is 1. The Labute approximate surface area is 108 Å². The Bertz CT molecular complexity index is 572. The van der Waals surface area contributed by atoms with Crippen LogP contribution in [0.2, 0.25) is 0 Å². The van der Waals surface area contributed by atoms with Crippen LogP contribution in [0.3, 0.4) is 0 Å². The molecule has 1 amide bonds. The lowest BCUT2D eigenvalue weighted by molar-refractivity contribution is -0.612. The maximum atomic E-state index is 12.7. The minimum absolute atomic E-state index is 0.0387. The van der Waals surface area contributed by atoms with E-state index in [-0.39, 0.29) is 18.3 Å². The number of rotatable bonds is 4. The standard InChI is InChI=1S/C13H11FN2O3/c14-10-4-6-11(7-5-10)15-12(17)9-19-13-3-1-2-8-16(13)18/h1-8H,9H2,(H,15,17). The van der Waals surface area contributed by atoms with Crippen molar-refractivity contribution in [3.05, 3.63) is 59.7 Å². The third-order valence-electron chi connectivity index (χ3n) is 2.27. The molecule has 2 rings (SSSR count). The highest BCUT2D eigenvalue weighted by Crippen LogP contribution is 2.08. The molecule has 0 fully saturated rings. The van der Waals surface area contributed by atoms with Crippen LogP contribution in [0.1, 0.15) is 0 Å². The summed E-state index contributed by atoms with van der Waals surface area (Å²) >= 11 is 0. The number of benzene rings is 1. The average molecular weight is 262 g/mol. The number of nitrogens with one attached hydrogen (secondary N) is 1. The number of hydrogen-bond donors (Lipinski definition) is 1. The van der Waals surface area contributed by atoms with E-state index in [2.05, 4.69) is 5.32 Å². The minimum atomic E-state index is -0.435. The Morgan fingerprint density at radius 2 is 2.00 bits per heavy atom. The fourth-order valence-corrected chi connectivity index (χ4v) is 1.39. The Kier molecular flexibility index (Phi) is 3.92. The van der Waals surface area contributed by atoms with Gasteiger partial charge in [-0.3, -0.25) is 4.79 Å². The largest absolute Gasteiger partial charge is 0.616 e. The summed E-state index contributed by atoms with van der Waals surface area (Å²) in [5.41, 5.74) is 0.457. The molecule has 98 valence electrons. The topological polar surface area (TPSA) is 65.3 Å². The SMILES string of the molecule is O=C(COc1cccc[n+]1[O-])Nc1ccc(F)cc1. The van der Waals surface area contributed by atoms with Crippen LogP contribution in [0, 0.1) is 11.0 Å². The number of carbonyl (C=O) groups excluding carboxylic acids is 1. The van der Waals surface area contributed by atoms with Crippen molar-refractivity contribution in [2.24, 2.45) is 0 Å². The summed E-state index contributed by atoms with van der Waals surface area (Å²) in [4.78, 5) is 11.5. The number of aromatic nitrogens is 1. The zero-order chi connectivity index (χ0) is 13.7. The quantitative estimate of drug-likeness (QED) is 0.670. The van der Waals surface area contributed by atoms with Gasteiger partial charge in [0.05, 0.1) is 6.07 Å². The van der Waals surface area contributed by atoms with E-state index < -0.39 is 5.91 Å². The summed E-state index contributed by atoms with van der Waals surface area (Å²) in [6, 6.07) is 9.98. The second kappa shape index (κ2) is 5.81. The van der Waals surface area contributed by atoms with Gasteiger partial charge >= 0.3 is 5.88 Å². The second-order valence-corrected chi connectivity index (χ2v) is 3.71. The Morgan fingerprint density at radius 1 is 1.26 bits per heavy atom. The monoisotopic (exact) mass is 262 g/mol. The molecule has 0 aliphatic heterocycles. The smallest absolute Gasteiger partial charge is 0.379 e. The molecule has 0 unspecified atom stereocenters. The van der Waals surface area contributed by atoms with Crippen LogP contribution < -0.4 is 14.8 Å². The van der Waals surface area contributed by atoms with Crippen molar-refractivity contribution in [2.45, 2.75) is 0 Å². The van der Waals surface area contributed by atoms with Gasteiger partial charge in [0.1, 0.15) is 5.82 Å². The summed E-state index contributed by atoms with van der Waals surface area (Å²) in [5, 5.41) is 13.8. The normalized spacial score (nSPS) is 9.95. The number of amides is 1. The van der Waals surface area contributed by atoms with Gasteiger partial charge in [-0.15, -0.1) is 4.73 Å². The maximum Gasteiger partial charge on any atom is 0.379 e. The molecular weight excluding hydrogens is 251 g/mol. The lowest BCUT2D eigenvalue weighted by atomic mass is 10.3. The highest BCUT2D eigenvalue weighted by atomic mass is 19.1. The van der Waals surface area contributed by atoms with Crippen LogP contribution in [0.4, 0.5) is 10.1 Å². The summed E-state index contributed by atoms with van der Waals surface area (Å²) in [6.07, 6.45) is 1.27. The van der Waals surface area contributed by atoms with Gasteiger partial charge in [-0.05, 0) is 30.3 Å². The van der Waals surface area contributed by atoms with E-state index in [4.69, 9.17) is 4.74 Å². The lowest BCUT2D eigenvalue weighted by Crippen LogP contribution is -2.30. The third-order valence-corrected chi connectivity index (χ3v) is 2.27. The van der Waals surface area contributed by atoms with Crippen molar-refractivity contribution in [1.29, 1.82) is 0 Å². The molecule has 0 bridgehead atoms. The molecule has 0 aliphatic carbocycles. The van der Waals surface area contributed by atoms with E-state index >= 15 is 0 Å². The van der Waals surface area contributed by atoms with Gasteiger partial charge in [0.25, 0.3) is 5.91 Å². The number of ether oxygens (including phenoxy) is 1. The van der Waals surface area contributed by atoms with Crippen LogP contribution in [0.5, 0.6) is 5.88 Å². The molecule has 1 aromatic heterocycles. The summed E-state index contributed by atoms with van der Waals surface area (Å²) in [5.74, 6) is -0.779. The number of nitrogens with zero attached hydrogens (tertiary/aromatic N) is 1. The summed E-state index contributed by atoms with van der Waals surface area (Å²) in [6.45, 7) is -0.302. The molecule has 0 radical (unpaired) electrons. The first kappa shape index (κ1) is 12.8. The van der Waals surface area contributed by atoms with Crippen LogP contribution >= 0.6 is 0 Å². The molecule has 0 atom stereocenters. The molecule has 0 aliphatic rings. The van der Waals surface area contributed by atoms with Crippen molar-refractivity contribution in [3.63, 3.8) is 0 Å². The van der Waals surface area contributed by atoms with Crippen molar-refractivity contribution in [2.75, 3.05) is 11.9 Å². The van der Waals surface area contributed by atoms with Crippen molar-refractivity contribution in [1.82, 2.24) is 0 Å². The van der Waals surface area contributed by atoms with Crippen LogP contribution in [-0.2, 0) is 4.79 Å². The molecule has 0 saturated carbocycles. The van der Waals surface area contributed by atoms with Crippen molar-refractivity contribution in [3.8, 4) is 5.88 Å². The van der Waals surface area contributed by atoms with Gasteiger partial charge in [0.15, 0.2) is 12.8 Å². The van der Waals surface area contributed by atoms with E-state index in [1.54, 1.807) is 12.1 Å². The van der Waals surface area contributed by atoms with Gasteiger partial charge in [-0.25, -0.2) is 4.39 Å². The van der Waals surface area contributed by atoms with Crippen molar-refractivity contribution >= 4 is 11.6 Å². The molecule has 5 nitrogen and oxygen atoms in total. The molecule has 6 heteroatoms. The van der Waals surface area contributed by atoms with Gasteiger partial charge < -0.3 is 15.3 Å². The van der Waals surface area contributed by atoms with Crippen LogP contribution in [-0.4, -0.2) is 12.5 Å². The predicted octanol–water partition coefficient (Wildman–Crippen LogP) is 1.48. The summed E-state index contributed by atoms with van der Waals surface area (Å²) in [7, 11) is 0. The zero-order valence-corrected chi connectivity index (χ0v) is 9.88. The first-order valence-electron chi connectivity index (χ1n) is 5.51. The molecule has 1 aromatic carbocycles. The third kappa shape index (κ3) is 3.67. The molecule has 2 aromatic rings. The van der Waals surface area contributed by atoms with E-state index in [0.29, 0.717) is 10.4 Å². The van der Waals surface area contributed by atoms with Gasteiger partial charge in [-0.1, -0.05) is 0 Å². The average Bonchev–Trinajstić information content (AvgIpc) is 2.40. The molecule has 1 heterocycles. The molecule has 0 saturated heterocycles. The first-order chi connectivity index (χ1) is 9.15. The van der Waals surface area contributed by atoms with Gasteiger partial charge in [0, 0.05) is 11.8 Å². The molecule has 1 N–H and O–H groups in total. The number of anilines is 1. The van der Waals surface area contributed by atoms with E-state index in [1.165, 1.54) is 36.5 Å². The Morgan fingerprint density at radius 3 is 2.68 bits per heavy atom. The van der Waals surface area contributed by atoms with E-state index in [1.807, 2.05) is 0 Å². The Balaban J connectivity index is 1.88. The van der Waals surface area contributed by atoms with Crippen LogP contribution in [0.25, 0.3) is 0 Å². The zero-order valence-electron chi connectivity index (χ0n) is 9.88. The van der Waals surface area contributed by atoms with E-state index in [0.717, 1.165) is 0 Å². The molecule has 19 heavy (non-hydrogen) atoms. The van der Waals surface area contributed by atoms with Crippen LogP contribution in [0.15, 0.2) is 48.7 Å². The van der Waals surface area contributed by atoms with E-state index in [9.17, 15) is 14.4 Å². The fraction of sp³-hybridized carbons (Fsp3) is 0.0769. The lowest BCUT2D eigenvalue weighted by Gasteiger charge is -2.07. The molecule has 0 spiro atoms. The predicted molar refractivity (Wildman–Crippen MR) is 65.9 cm³/mol. The van der Waals surface area contributed by atoms with Gasteiger partial charge in [-0.2, -0.15) is 0 Å². The number of hydrogen-bond acceptors (Lipinski definition) is 3. The number of carbonyl (C=O) groups is 1. The van der Waals surface area contributed by atoms with Gasteiger partial charge in [0.2, 0.25) is 0 Å². The highest BCUT2D eigenvalue weighted by molar-refractivity contribution is 5.91. The second-order valence-electron chi connectivity index (χ2n) is 3.71. The maximum absolute atomic E-state index is 12.7. The highest BCUT2D eigenvalue weighted by Gasteiger charge is 2.08.